The second-order valence-corrected chi connectivity index (χ2v) is 1.40. The Morgan fingerprint density at radius 3 is 2.80 bits per heavy atom. The van der Waals surface area contributed by atoms with E-state index in [2.05, 4.69) is 12.1 Å². The number of hydrogen-bond acceptors (Lipinski definition) is 0. The van der Waals surface area contributed by atoms with Crippen LogP contribution in [0, 0.1) is 0 Å². The van der Waals surface area contributed by atoms with Gasteiger partial charge in [0, 0.05) is 0 Å². The predicted molar refractivity (Wildman–Crippen MR) is 25.7 cm³/mol. The summed E-state index contributed by atoms with van der Waals surface area (Å²) in [6, 6.07) is 0. The van der Waals surface area contributed by atoms with Gasteiger partial charge in [-0.2, -0.15) is 0 Å². The maximum Gasteiger partial charge on any atom is 0.147 e. The average molecular weight is 65.9 g/mol. The molecule has 0 N–H and O–H groups in total. The van der Waals surface area contributed by atoms with E-state index in [9.17, 15) is 0 Å². The van der Waals surface area contributed by atoms with Gasteiger partial charge in [0.1, 0.15) is 7.28 Å². The number of allylic oxidation sites excluding steroid dienone is 1. The first-order chi connectivity index (χ1) is 2.50. The van der Waals surface area contributed by atoms with E-state index in [4.69, 9.17) is 0 Å². The van der Waals surface area contributed by atoms with Crippen LogP contribution in [-0.2, 0) is 0 Å². The molecule has 0 spiro atoms. The smallest absolute Gasteiger partial charge is 0.123 e. The van der Waals surface area contributed by atoms with Gasteiger partial charge in [0.15, 0.2) is 0 Å². The van der Waals surface area contributed by atoms with E-state index >= 15 is 0 Å². The van der Waals surface area contributed by atoms with Gasteiger partial charge < -0.3 is 0 Å². The monoisotopic (exact) mass is 66.1 g/mol. The van der Waals surface area contributed by atoms with E-state index in [1.807, 2.05) is 0 Å². The summed E-state index contributed by atoms with van der Waals surface area (Å²) in [6.07, 6.45) is 4.94. The molecular weight excluding hydrogens is 58.9 g/mol. The SMILES string of the molecule is B1C=CCC1. The molecule has 0 saturated heterocycles. The molecule has 0 amide bonds. The van der Waals surface area contributed by atoms with Crippen molar-refractivity contribution in [3.63, 3.8) is 0 Å². The average Bonchev–Trinajstić information content (AvgIpc) is 1.76. The highest BCUT2D eigenvalue weighted by atomic mass is 13.7. The quantitative estimate of drug-likeness (QED) is 0.366. The summed E-state index contributed by atoms with van der Waals surface area (Å²) in [5.74, 6) is 2.24. The molecular formula is C4H7B. The van der Waals surface area contributed by atoms with Crippen molar-refractivity contribution < 1.29 is 0 Å². The highest BCUT2D eigenvalue weighted by Crippen LogP contribution is 1.97. The third-order valence-corrected chi connectivity index (χ3v) is 0.908. The van der Waals surface area contributed by atoms with Crippen LogP contribution in [0.3, 0.4) is 0 Å². The van der Waals surface area contributed by atoms with E-state index in [0.29, 0.717) is 0 Å². The van der Waals surface area contributed by atoms with E-state index in [-0.39, 0.29) is 0 Å². The molecule has 0 aliphatic carbocycles. The third-order valence-electron chi connectivity index (χ3n) is 0.908. The van der Waals surface area contributed by atoms with Crippen LogP contribution in [0.1, 0.15) is 6.42 Å². The Labute approximate surface area is 33.1 Å². The number of hydrogen-bond donors (Lipinski definition) is 0. The zero-order chi connectivity index (χ0) is 3.54. The van der Waals surface area contributed by atoms with Crippen molar-refractivity contribution in [3.05, 3.63) is 12.1 Å². The minimum absolute atomic E-state index is 1.32. The van der Waals surface area contributed by atoms with E-state index in [1.165, 1.54) is 20.0 Å². The van der Waals surface area contributed by atoms with Gasteiger partial charge in [-0.15, -0.1) is 5.98 Å². The molecule has 1 heteroatoms. The number of rotatable bonds is 0. The molecule has 0 bridgehead atoms. The normalized spacial score (nSPS) is 19.2. The molecule has 26 valence electrons. The largest absolute Gasteiger partial charge is 0.147 e. The van der Waals surface area contributed by atoms with Crippen LogP contribution in [-0.4, -0.2) is 7.28 Å². The Kier molecular flexibility index (Phi) is 0.781. The van der Waals surface area contributed by atoms with Crippen LogP contribution in [0.4, 0.5) is 0 Å². The molecule has 0 atom stereocenters. The summed E-state index contributed by atoms with van der Waals surface area (Å²) in [7, 11) is 1.32. The zero-order valence-corrected chi connectivity index (χ0v) is 3.28. The fraction of sp³-hybridized carbons (Fsp3) is 0.500. The lowest BCUT2D eigenvalue weighted by Gasteiger charge is -1.66. The van der Waals surface area contributed by atoms with Gasteiger partial charge in [-0.25, -0.2) is 0 Å². The van der Waals surface area contributed by atoms with Crippen molar-refractivity contribution in [2.24, 2.45) is 0 Å². The lowest BCUT2D eigenvalue weighted by molar-refractivity contribution is 1.24. The second-order valence-electron chi connectivity index (χ2n) is 1.40. The van der Waals surface area contributed by atoms with Crippen LogP contribution in [0.5, 0.6) is 0 Å². The summed E-state index contributed by atoms with van der Waals surface area (Å²) in [4.78, 5) is 0. The molecule has 1 rings (SSSR count). The fourth-order valence-electron chi connectivity index (χ4n) is 0.589. The van der Waals surface area contributed by atoms with Crippen molar-refractivity contribution in [2.75, 3.05) is 0 Å². The summed E-state index contributed by atoms with van der Waals surface area (Å²) in [5.41, 5.74) is 0. The summed E-state index contributed by atoms with van der Waals surface area (Å²) < 4.78 is 0. The van der Waals surface area contributed by atoms with Crippen molar-refractivity contribution >= 4 is 7.28 Å². The van der Waals surface area contributed by atoms with E-state index in [1.54, 1.807) is 0 Å². The van der Waals surface area contributed by atoms with Gasteiger partial charge in [-0.3, -0.25) is 0 Å². The molecule has 0 radical (unpaired) electrons. The summed E-state index contributed by atoms with van der Waals surface area (Å²) in [6.45, 7) is 0. The molecule has 1 heterocycles. The predicted octanol–water partition coefficient (Wildman–Crippen LogP) is 0.759. The minimum atomic E-state index is 1.32. The molecule has 5 heavy (non-hydrogen) atoms. The van der Waals surface area contributed by atoms with Crippen LogP contribution >= 0.6 is 0 Å². The van der Waals surface area contributed by atoms with Gasteiger partial charge in [0.2, 0.25) is 0 Å². The first-order valence-electron chi connectivity index (χ1n) is 2.15. The molecule has 0 aromatic carbocycles. The van der Waals surface area contributed by atoms with Crippen molar-refractivity contribution in [3.8, 4) is 0 Å². The standard InChI is InChI=1S/C4H7B/c1-2-4-5-3-1/h1,3,5H,2,4H2. The van der Waals surface area contributed by atoms with Gasteiger partial charge in [-0.05, 0) is 6.42 Å². The van der Waals surface area contributed by atoms with Crippen LogP contribution in [0.25, 0.3) is 0 Å². The maximum absolute atomic E-state index is 2.24. The minimum Gasteiger partial charge on any atom is -0.123 e. The van der Waals surface area contributed by atoms with Gasteiger partial charge in [-0.1, -0.05) is 12.4 Å². The Morgan fingerprint density at radius 2 is 2.60 bits per heavy atom. The Balaban J connectivity index is 2.32. The Bertz CT molecular complexity index is 41.6. The molecule has 0 saturated carbocycles. The lowest BCUT2D eigenvalue weighted by Crippen LogP contribution is -1.67. The fourth-order valence-corrected chi connectivity index (χ4v) is 0.589. The van der Waals surface area contributed by atoms with Gasteiger partial charge in [0.05, 0.1) is 0 Å². The highest BCUT2D eigenvalue weighted by molar-refractivity contribution is 6.43. The van der Waals surface area contributed by atoms with Crippen LogP contribution in [0.2, 0.25) is 6.32 Å². The summed E-state index contributed by atoms with van der Waals surface area (Å²) in [5, 5.41) is 0. The van der Waals surface area contributed by atoms with Crippen LogP contribution in [0.15, 0.2) is 12.1 Å². The lowest BCUT2D eigenvalue weighted by atomic mass is 9.79. The Morgan fingerprint density at radius 1 is 1.60 bits per heavy atom. The topological polar surface area (TPSA) is 0 Å². The Hall–Kier alpha value is -0.195. The molecule has 0 unspecified atom stereocenters. The second kappa shape index (κ2) is 1.30. The molecule has 0 fully saturated rings. The molecule has 1 aliphatic heterocycles. The van der Waals surface area contributed by atoms with Crippen molar-refractivity contribution in [2.45, 2.75) is 12.7 Å². The summed E-state index contributed by atoms with van der Waals surface area (Å²) >= 11 is 0. The molecule has 0 nitrogen and oxygen atoms in total. The van der Waals surface area contributed by atoms with E-state index in [0.717, 1.165) is 0 Å². The van der Waals surface area contributed by atoms with Crippen molar-refractivity contribution in [1.29, 1.82) is 0 Å². The molecule has 0 aromatic heterocycles. The molecule has 1 aliphatic rings. The molecule has 0 aromatic rings. The zero-order valence-electron chi connectivity index (χ0n) is 3.28. The van der Waals surface area contributed by atoms with Crippen LogP contribution < -0.4 is 0 Å². The highest BCUT2D eigenvalue weighted by Gasteiger charge is 1.87. The maximum atomic E-state index is 2.24. The van der Waals surface area contributed by atoms with Gasteiger partial charge in [0.25, 0.3) is 0 Å². The van der Waals surface area contributed by atoms with E-state index < -0.39 is 0 Å². The van der Waals surface area contributed by atoms with Gasteiger partial charge >= 0.3 is 0 Å². The third kappa shape index (κ3) is 0.537. The first-order valence-corrected chi connectivity index (χ1v) is 2.15. The van der Waals surface area contributed by atoms with Crippen molar-refractivity contribution in [1.82, 2.24) is 0 Å². The first kappa shape index (κ1) is 3.01.